The highest BCUT2D eigenvalue weighted by Gasteiger charge is 2.38. The fourth-order valence-corrected chi connectivity index (χ4v) is 3.44. The number of carbonyl (C=O) groups is 1. The Kier molecular flexibility index (Phi) is 5.37. The zero-order valence-electron chi connectivity index (χ0n) is 15.4. The van der Waals surface area contributed by atoms with E-state index in [9.17, 15) is 4.79 Å². The molecule has 0 spiro atoms. The van der Waals surface area contributed by atoms with Crippen molar-refractivity contribution in [2.75, 3.05) is 34.4 Å². The third-order valence-electron chi connectivity index (χ3n) is 4.87. The second-order valence-corrected chi connectivity index (χ2v) is 6.83. The number of nitrogens with zero attached hydrogens (tertiary/aromatic N) is 1. The van der Waals surface area contributed by atoms with Crippen LogP contribution in [-0.4, -0.2) is 57.4 Å². The maximum Gasteiger partial charge on any atom is 0.227 e. The van der Waals surface area contributed by atoms with Gasteiger partial charge in [-0.15, -0.1) is 0 Å². The molecule has 1 heterocycles. The summed E-state index contributed by atoms with van der Waals surface area (Å²) in [6, 6.07) is 3.67. The number of carbonyl (C=O) groups excluding carboxylic acids is 1. The van der Waals surface area contributed by atoms with Crippen LogP contribution < -0.4 is 14.2 Å². The molecule has 0 unspecified atom stereocenters. The number of benzene rings is 1. The standard InChI is InChI=1S/C19H27NO5/c1-12-10-20(11-17(25-12)14-5-6-14)18(21)9-13-7-15(22-2)19(24-4)16(8-13)23-3/h7-8,12,14,17H,5-6,9-11H2,1-4H3/t12-,17+/m1/s1. The Morgan fingerprint density at radius 2 is 1.76 bits per heavy atom. The zero-order chi connectivity index (χ0) is 18.0. The second-order valence-electron chi connectivity index (χ2n) is 6.83. The van der Waals surface area contributed by atoms with Gasteiger partial charge in [0.2, 0.25) is 11.7 Å². The van der Waals surface area contributed by atoms with Gasteiger partial charge in [-0.25, -0.2) is 0 Å². The van der Waals surface area contributed by atoms with E-state index in [1.54, 1.807) is 21.3 Å². The molecule has 1 saturated heterocycles. The summed E-state index contributed by atoms with van der Waals surface area (Å²) in [6.45, 7) is 3.37. The maximum atomic E-state index is 12.8. The first-order valence-corrected chi connectivity index (χ1v) is 8.77. The van der Waals surface area contributed by atoms with Gasteiger partial charge in [-0.05, 0) is 43.4 Å². The monoisotopic (exact) mass is 349 g/mol. The number of morpholine rings is 1. The Balaban J connectivity index is 1.73. The van der Waals surface area contributed by atoms with Crippen LogP contribution in [0, 0.1) is 5.92 Å². The summed E-state index contributed by atoms with van der Waals surface area (Å²) >= 11 is 0. The number of ether oxygens (including phenoxy) is 4. The molecule has 0 N–H and O–H groups in total. The SMILES string of the molecule is COc1cc(CC(=O)N2C[C@@H](C)O[C@H](C3CC3)C2)cc(OC)c1OC. The highest BCUT2D eigenvalue weighted by atomic mass is 16.5. The number of hydrogen-bond acceptors (Lipinski definition) is 5. The average Bonchev–Trinajstić information content (AvgIpc) is 3.45. The largest absolute Gasteiger partial charge is 0.493 e. The third-order valence-corrected chi connectivity index (χ3v) is 4.87. The zero-order valence-corrected chi connectivity index (χ0v) is 15.4. The molecule has 1 aromatic rings. The summed E-state index contributed by atoms with van der Waals surface area (Å²) in [5.41, 5.74) is 0.849. The Morgan fingerprint density at radius 3 is 2.28 bits per heavy atom. The van der Waals surface area contributed by atoms with Crippen LogP contribution in [0.25, 0.3) is 0 Å². The number of methoxy groups -OCH3 is 3. The quantitative estimate of drug-likeness (QED) is 0.789. The maximum absolute atomic E-state index is 12.8. The van der Waals surface area contributed by atoms with Crippen LogP contribution in [0.15, 0.2) is 12.1 Å². The Labute approximate surface area is 149 Å². The van der Waals surface area contributed by atoms with Gasteiger partial charge >= 0.3 is 0 Å². The first kappa shape index (κ1) is 17.9. The van der Waals surface area contributed by atoms with Crippen molar-refractivity contribution in [2.24, 2.45) is 5.92 Å². The molecule has 1 aliphatic carbocycles. The van der Waals surface area contributed by atoms with E-state index in [1.807, 2.05) is 24.0 Å². The topological polar surface area (TPSA) is 57.2 Å². The molecule has 138 valence electrons. The van der Waals surface area contributed by atoms with Crippen LogP contribution in [0.1, 0.15) is 25.3 Å². The molecule has 25 heavy (non-hydrogen) atoms. The van der Waals surface area contributed by atoms with E-state index in [4.69, 9.17) is 18.9 Å². The Hall–Kier alpha value is -1.95. The lowest BCUT2D eigenvalue weighted by molar-refractivity contribution is -0.145. The molecule has 2 aliphatic rings. The molecule has 6 nitrogen and oxygen atoms in total. The Morgan fingerprint density at radius 1 is 1.12 bits per heavy atom. The van der Waals surface area contributed by atoms with Gasteiger partial charge in [0.05, 0.1) is 40.0 Å². The molecular formula is C19H27NO5. The highest BCUT2D eigenvalue weighted by molar-refractivity contribution is 5.79. The lowest BCUT2D eigenvalue weighted by Gasteiger charge is -2.37. The van der Waals surface area contributed by atoms with Crippen LogP contribution in [0.5, 0.6) is 17.2 Å². The summed E-state index contributed by atoms with van der Waals surface area (Å²) in [7, 11) is 4.72. The van der Waals surface area contributed by atoms with E-state index in [0.29, 0.717) is 42.7 Å². The van der Waals surface area contributed by atoms with Crippen molar-refractivity contribution in [3.05, 3.63) is 17.7 Å². The lowest BCUT2D eigenvalue weighted by atomic mass is 10.1. The van der Waals surface area contributed by atoms with Gasteiger partial charge in [0.25, 0.3) is 0 Å². The number of amides is 1. The fraction of sp³-hybridized carbons (Fsp3) is 0.632. The Bertz CT molecular complexity index is 603. The van der Waals surface area contributed by atoms with Crippen molar-refractivity contribution in [2.45, 2.75) is 38.4 Å². The fourth-order valence-electron chi connectivity index (χ4n) is 3.44. The van der Waals surface area contributed by atoms with E-state index >= 15 is 0 Å². The van der Waals surface area contributed by atoms with Crippen LogP contribution in [0.4, 0.5) is 0 Å². The summed E-state index contributed by atoms with van der Waals surface area (Å²) in [6.07, 6.45) is 3.01. The third kappa shape index (κ3) is 4.00. The predicted octanol–water partition coefficient (Wildman–Crippen LogP) is 2.28. The van der Waals surface area contributed by atoms with E-state index in [2.05, 4.69) is 0 Å². The summed E-state index contributed by atoms with van der Waals surface area (Å²) in [4.78, 5) is 14.7. The van der Waals surface area contributed by atoms with Gasteiger partial charge in [-0.1, -0.05) is 0 Å². The van der Waals surface area contributed by atoms with Crippen LogP contribution in [-0.2, 0) is 16.0 Å². The first-order valence-electron chi connectivity index (χ1n) is 8.77. The van der Waals surface area contributed by atoms with Crippen molar-refractivity contribution in [3.63, 3.8) is 0 Å². The highest BCUT2D eigenvalue weighted by Crippen LogP contribution is 2.39. The van der Waals surface area contributed by atoms with Gasteiger partial charge in [0.15, 0.2) is 11.5 Å². The van der Waals surface area contributed by atoms with E-state index in [0.717, 1.165) is 5.56 Å². The van der Waals surface area contributed by atoms with Crippen molar-refractivity contribution >= 4 is 5.91 Å². The molecule has 1 aliphatic heterocycles. The summed E-state index contributed by atoms with van der Waals surface area (Å²) in [5.74, 6) is 2.40. The predicted molar refractivity (Wildman–Crippen MR) is 93.4 cm³/mol. The van der Waals surface area contributed by atoms with Crippen LogP contribution >= 0.6 is 0 Å². The van der Waals surface area contributed by atoms with E-state index in [1.165, 1.54) is 12.8 Å². The molecule has 0 aromatic heterocycles. The minimum atomic E-state index is 0.0863. The molecule has 0 bridgehead atoms. The molecule has 1 aromatic carbocycles. The van der Waals surface area contributed by atoms with Crippen molar-refractivity contribution in [3.8, 4) is 17.2 Å². The lowest BCUT2D eigenvalue weighted by Crippen LogP contribution is -2.50. The number of rotatable bonds is 6. The molecule has 3 rings (SSSR count). The van der Waals surface area contributed by atoms with Crippen LogP contribution in [0.2, 0.25) is 0 Å². The van der Waals surface area contributed by atoms with Gasteiger partial charge in [0.1, 0.15) is 0 Å². The van der Waals surface area contributed by atoms with Gasteiger partial charge in [0, 0.05) is 13.1 Å². The van der Waals surface area contributed by atoms with Crippen molar-refractivity contribution in [1.82, 2.24) is 4.90 Å². The van der Waals surface area contributed by atoms with Gasteiger partial charge in [-0.3, -0.25) is 4.79 Å². The van der Waals surface area contributed by atoms with Crippen molar-refractivity contribution < 1.29 is 23.7 Å². The summed E-state index contributed by atoms with van der Waals surface area (Å²) in [5, 5.41) is 0. The molecule has 6 heteroatoms. The molecule has 0 radical (unpaired) electrons. The number of hydrogen-bond donors (Lipinski definition) is 0. The van der Waals surface area contributed by atoms with E-state index in [-0.39, 0.29) is 18.1 Å². The smallest absolute Gasteiger partial charge is 0.227 e. The molecule has 1 amide bonds. The molecular weight excluding hydrogens is 322 g/mol. The average molecular weight is 349 g/mol. The normalized spacial score (nSPS) is 23.3. The molecule has 2 atom stereocenters. The van der Waals surface area contributed by atoms with Crippen LogP contribution in [0.3, 0.4) is 0 Å². The first-order chi connectivity index (χ1) is 12.0. The van der Waals surface area contributed by atoms with E-state index < -0.39 is 0 Å². The minimum absolute atomic E-state index is 0.0863. The molecule has 1 saturated carbocycles. The molecule has 2 fully saturated rings. The minimum Gasteiger partial charge on any atom is -0.493 e. The van der Waals surface area contributed by atoms with Gasteiger partial charge < -0.3 is 23.8 Å². The van der Waals surface area contributed by atoms with Gasteiger partial charge in [-0.2, -0.15) is 0 Å². The van der Waals surface area contributed by atoms with Crippen molar-refractivity contribution in [1.29, 1.82) is 0 Å². The summed E-state index contributed by atoms with van der Waals surface area (Å²) < 4.78 is 22.1. The second kappa shape index (κ2) is 7.52.